The first-order chi connectivity index (χ1) is 28.0. The van der Waals surface area contributed by atoms with E-state index in [0.29, 0.717) is 19.3 Å². The normalized spacial score (nSPS) is 12.3. The number of carbonyl (C=O) groups is 3. The standard InChI is InChI=1S/C51H92O6/c1-4-7-10-13-16-19-22-24-26-28-29-32-35-38-41-44-50(53)56-47-48(46-55-49(52)43-40-37-34-31-21-18-15-12-9-6-3)57-51(54)45-42-39-36-33-30-27-25-23-20-17-14-11-8-5-2/h15,18-19,22,27,30,48H,4-14,16-17,20-21,23-26,28-29,31-47H2,1-3H3/b18-15-,22-19-,30-27-. The molecule has 0 heterocycles. The van der Waals surface area contributed by atoms with Gasteiger partial charge in [-0.3, -0.25) is 14.4 Å². The van der Waals surface area contributed by atoms with Crippen molar-refractivity contribution in [3.05, 3.63) is 36.5 Å². The molecule has 1 atom stereocenters. The highest BCUT2D eigenvalue weighted by atomic mass is 16.6. The molecule has 0 saturated carbocycles. The zero-order valence-electron chi connectivity index (χ0n) is 37.9. The topological polar surface area (TPSA) is 78.9 Å². The number of allylic oxidation sites excluding steroid dienone is 6. The van der Waals surface area contributed by atoms with Gasteiger partial charge in [-0.2, -0.15) is 0 Å². The van der Waals surface area contributed by atoms with Gasteiger partial charge in [-0.15, -0.1) is 0 Å². The smallest absolute Gasteiger partial charge is 0.306 e. The van der Waals surface area contributed by atoms with E-state index in [0.717, 1.165) is 89.9 Å². The number of unbranched alkanes of at least 4 members (excludes halogenated alkanes) is 27. The van der Waals surface area contributed by atoms with Crippen molar-refractivity contribution in [1.29, 1.82) is 0 Å². The minimum atomic E-state index is -0.782. The van der Waals surface area contributed by atoms with E-state index in [-0.39, 0.29) is 31.1 Å². The maximum atomic E-state index is 12.7. The van der Waals surface area contributed by atoms with Crippen molar-refractivity contribution in [2.75, 3.05) is 13.2 Å². The average molecular weight is 801 g/mol. The van der Waals surface area contributed by atoms with Crippen molar-refractivity contribution < 1.29 is 28.6 Å². The molecule has 0 aromatic carbocycles. The molecule has 0 radical (unpaired) electrons. The van der Waals surface area contributed by atoms with Gasteiger partial charge >= 0.3 is 17.9 Å². The summed E-state index contributed by atoms with van der Waals surface area (Å²) in [5.74, 6) is -0.913. The first-order valence-electron chi connectivity index (χ1n) is 24.5. The van der Waals surface area contributed by atoms with Crippen molar-refractivity contribution >= 4 is 17.9 Å². The van der Waals surface area contributed by atoms with E-state index in [4.69, 9.17) is 14.2 Å². The summed E-state index contributed by atoms with van der Waals surface area (Å²) in [5.41, 5.74) is 0. The molecule has 0 fully saturated rings. The van der Waals surface area contributed by atoms with E-state index < -0.39 is 6.10 Å². The molecule has 6 nitrogen and oxygen atoms in total. The van der Waals surface area contributed by atoms with Crippen LogP contribution in [0.5, 0.6) is 0 Å². The molecule has 57 heavy (non-hydrogen) atoms. The third-order valence-corrected chi connectivity index (χ3v) is 10.6. The molecule has 0 aromatic heterocycles. The maximum absolute atomic E-state index is 12.7. The first-order valence-corrected chi connectivity index (χ1v) is 24.5. The Hall–Kier alpha value is -2.37. The Labute approximate surface area is 353 Å². The molecule has 0 spiro atoms. The van der Waals surface area contributed by atoms with Gasteiger partial charge in [-0.25, -0.2) is 0 Å². The van der Waals surface area contributed by atoms with Gasteiger partial charge in [0.05, 0.1) is 0 Å². The largest absolute Gasteiger partial charge is 0.462 e. The summed E-state index contributed by atoms with van der Waals surface area (Å²) < 4.78 is 16.7. The Morgan fingerprint density at radius 1 is 0.333 bits per heavy atom. The van der Waals surface area contributed by atoms with Crippen LogP contribution in [0.3, 0.4) is 0 Å². The molecule has 0 aliphatic heterocycles. The van der Waals surface area contributed by atoms with Crippen molar-refractivity contribution in [2.24, 2.45) is 0 Å². The molecule has 0 aliphatic rings. The average Bonchev–Trinajstić information content (AvgIpc) is 3.21. The van der Waals surface area contributed by atoms with Crippen LogP contribution in [0.4, 0.5) is 0 Å². The molecule has 1 unspecified atom stereocenters. The predicted octanol–water partition coefficient (Wildman–Crippen LogP) is 15.8. The van der Waals surface area contributed by atoms with Gasteiger partial charge in [0.15, 0.2) is 6.10 Å². The Morgan fingerprint density at radius 2 is 0.596 bits per heavy atom. The van der Waals surface area contributed by atoms with Crippen LogP contribution in [-0.4, -0.2) is 37.2 Å². The second-order valence-corrected chi connectivity index (χ2v) is 16.4. The molecule has 0 bridgehead atoms. The lowest BCUT2D eigenvalue weighted by molar-refractivity contribution is -0.167. The molecular weight excluding hydrogens is 709 g/mol. The number of esters is 3. The van der Waals surface area contributed by atoms with Crippen LogP contribution in [0.15, 0.2) is 36.5 Å². The van der Waals surface area contributed by atoms with Crippen molar-refractivity contribution in [3.8, 4) is 0 Å². The van der Waals surface area contributed by atoms with Crippen LogP contribution in [-0.2, 0) is 28.6 Å². The maximum Gasteiger partial charge on any atom is 0.306 e. The Kier molecular flexibility index (Phi) is 44.4. The number of carbonyl (C=O) groups excluding carboxylic acids is 3. The lowest BCUT2D eigenvalue weighted by Crippen LogP contribution is -2.30. The van der Waals surface area contributed by atoms with Gasteiger partial charge < -0.3 is 14.2 Å². The summed E-state index contributed by atoms with van der Waals surface area (Å²) >= 11 is 0. The third-order valence-electron chi connectivity index (χ3n) is 10.6. The lowest BCUT2D eigenvalue weighted by atomic mass is 10.1. The van der Waals surface area contributed by atoms with Gasteiger partial charge in [0.25, 0.3) is 0 Å². The lowest BCUT2D eigenvalue weighted by Gasteiger charge is -2.18. The highest BCUT2D eigenvalue weighted by Crippen LogP contribution is 2.14. The zero-order chi connectivity index (χ0) is 41.5. The summed E-state index contributed by atoms with van der Waals surface area (Å²) in [7, 11) is 0. The van der Waals surface area contributed by atoms with E-state index in [1.165, 1.54) is 122 Å². The van der Waals surface area contributed by atoms with Crippen LogP contribution in [0.25, 0.3) is 0 Å². The van der Waals surface area contributed by atoms with Gasteiger partial charge in [0, 0.05) is 19.3 Å². The molecule has 0 N–H and O–H groups in total. The fourth-order valence-corrected chi connectivity index (χ4v) is 6.82. The molecule has 0 rings (SSSR count). The molecule has 0 aliphatic carbocycles. The van der Waals surface area contributed by atoms with Crippen molar-refractivity contribution in [3.63, 3.8) is 0 Å². The van der Waals surface area contributed by atoms with Crippen LogP contribution >= 0.6 is 0 Å². The van der Waals surface area contributed by atoms with Gasteiger partial charge in [0.1, 0.15) is 13.2 Å². The predicted molar refractivity (Wildman–Crippen MR) is 242 cm³/mol. The van der Waals surface area contributed by atoms with Gasteiger partial charge in [0.2, 0.25) is 0 Å². The van der Waals surface area contributed by atoms with E-state index in [9.17, 15) is 14.4 Å². The van der Waals surface area contributed by atoms with Crippen LogP contribution in [0.1, 0.15) is 252 Å². The second kappa shape index (κ2) is 46.3. The SMILES string of the molecule is CCCC/C=C\CCCCCCC(=O)OCC(COC(=O)CCCCCCCCC/C=C\CCCCCC)OC(=O)CCCCC/C=C\CCCCCCCCC. The molecular formula is C51H92O6. The molecule has 6 heteroatoms. The molecule has 0 aromatic rings. The van der Waals surface area contributed by atoms with Crippen molar-refractivity contribution in [1.82, 2.24) is 0 Å². The fourth-order valence-electron chi connectivity index (χ4n) is 6.82. The monoisotopic (exact) mass is 801 g/mol. The zero-order valence-corrected chi connectivity index (χ0v) is 37.9. The van der Waals surface area contributed by atoms with E-state index in [1.807, 2.05) is 0 Å². The van der Waals surface area contributed by atoms with E-state index >= 15 is 0 Å². The third kappa shape index (κ3) is 44.6. The first kappa shape index (κ1) is 54.6. The molecule has 332 valence electrons. The summed E-state index contributed by atoms with van der Waals surface area (Å²) in [4.78, 5) is 37.8. The minimum Gasteiger partial charge on any atom is -0.462 e. The summed E-state index contributed by atoms with van der Waals surface area (Å²) in [5, 5.41) is 0. The Balaban J connectivity index is 4.38. The Morgan fingerprint density at radius 3 is 0.965 bits per heavy atom. The van der Waals surface area contributed by atoms with Gasteiger partial charge in [-0.1, -0.05) is 179 Å². The van der Waals surface area contributed by atoms with E-state index in [2.05, 4.69) is 57.2 Å². The Bertz CT molecular complexity index is 969. The summed E-state index contributed by atoms with van der Waals surface area (Å²) in [6.07, 6.45) is 52.7. The van der Waals surface area contributed by atoms with Crippen LogP contribution in [0, 0.1) is 0 Å². The van der Waals surface area contributed by atoms with Crippen LogP contribution in [0.2, 0.25) is 0 Å². The summed E-state index contributed by atoms with van der Waals surface area (Å²) in [6.45, 7) is 6.56. The second-order valence-electron chi connectivity index (χ2n) is 16.4. The van der Waals surface area contributed by atoms with Gasteiger partial charge in [-0.05, 0) is 89.9 Å². The highest BCUT2D eigenvalue weighted by Gasteiger charge is 2.19. The van der Waals surface area contributed by atoms with Crippen molar-refractivity contribution in [2.45, 2.75) is 258 Å². The number of rotatable bonds is 44. The molecule has 0 amide bonds. The minimum absolute atomic E-state index is 0.0830. The summed E-state index contributed by atoms with van der Waals surface area (Å²) in [6, 6.07) is 0. The fraction of sp³-hybridized carbons (Fsp3) is 0.824. The number of hydrogen-bond acceptors (Lipinski definition) is 6. The van der Waals surface area contributed by atoms with Crippen LogP contribution < -0.4 is 0 Å². The quantitative estimate of drug-likeness (QED) is 0.0264. The van der Waals surface area contributed by atoms with E-state index in [1.54, 1.807) is 0 Å². The number of hydrogen-bond donors (Lipinski definition) is 0. The highest BCUT2D eigenvalue weighted by molar-refractivity contribution is 5.71. The number of ether oxygens (including phenoxy) is 3. The molecule has 0 saturated heterocycles.